The molecule has 0 aliphatic heterocycles. The van der Waals surface area contributed by atoms with Crippen LogP contribution in [0.4, 0.5) is 11.4 Å². The molecule has 30 heavy (non-hydrogen) atoms. The van der Waals surface area contributed by atoms with E-state index in [4.69, 9.17) is 16.3 Å². The molecule has 1 amide bonds. The number of hydrogen-bond acceptors (Lipinski definition) is 6. The van der Waals surface area contributed by atoms with Gasteiger partial charge in [0.05, 0.1) is 23.7 Å². The van der Waals surface area contributed by atoms with Crippen molar-refractivity contribution >= 4 is 28.9 Å². The van der Waals surface area contributed by atoms with Crippen molar-refractivity contribution < 1.29 is 19.6 Å². The molecular formula is C21H24ClN3O5. The van der Waals surface area contributed by atoms with Gasteiger partial charge in [0.1, 0.15) is 5.75 Å². The number of nitrogens with one attached hydrogen (secondary N) is 2. The Kier molecular flexibility index (Phi) is 7.12. The number of rotatable bonds is 7. The second-order valence-electron chi connectivity index (χ2n) is 7.28. The normalized spacial score (nSPS) is 18.5. The van der Waals surface area contributed by atoms with Crippen molar-refractivity contribution in [3.05, 3.63) is 62.7 Å². The van der Waals surface area contributed by atoms with Gasteiger partial charge in [0, 0.05) is 35.4 Å². The summed E-state index contributed by atoms with van der Waals surface area (Å²) in [4.78, 5) is 23.6. The molecule has 0 heterocycles. The molecule has 0 saturated heterocycles. The van der Waals surface area contributed by atoms with Gasteiger partial charge in [-0.25, -0.2) is 0 Å². The molecule has 8 nitrogen and oxygen atoms in total. The number of halogens is 1. The Hall–Kier alpha value is -2.84. The zero-order valence-corrected chi connectivity index (χ0v) is 17.3. The number of carbonyl (C=O) groups excluding carboxylic acids is 1. The highest BCUT2D eigenvalue weighted by Crippen LogP contribution is 2.27. The van der Waals surface area contributed by atoms with Crippen LogP contribution in [0.3, 0.4) is 0 Å². The smallest absolute Gasteiger partial charge is 0.270 e. The lowest BCUT2D eigenvalue weighted by atomic mass is 9.92. The molecule has 0 aromatic heterocycles. The number of anilines is 1. The number of non-ortho nitro benzene ring substituents is 1. The second-order valence-corrected chi connectivity index (χ2v) is 7.68. The lowest BCUT2D eigenvalue weighted by Gasteiger charge is -2.27. The summed E-state index contributed by atoms with van der Waals surface area (Å²) in [6.07, 6.45) is 2.59. The van der Waals surface area contributed by atoms with Crippen molar-refractivity contribution in [2.75, 3.05) is 12.4 Å². The number of aliphatic hydroxyl groups is 1. The van der Waals surface area contributed by atoms with E-state index in [0.717, 1.165) is 12.8 Å². The van der Waals surface area contributed by atoms with E-state index in [2.05, 4.69) is 10.6 Å². The van der Waals surface area contributed by atoms with Gasteiger partial charge in [-0.2, -0.15) is 0 Å². The topological polar surface area (TPSA) is 114 Å². The number of benzene rings is 2. The highest BCUT2D eigenvalue weighted by Gasteiger charge is 2.23. The molecule has 2 aromatic carbocycles. The van der Waals surface area contributed by atoms with E-state index in [1.54, 1.807) is 24.3 Å². The summed E-state index contributed by atoms with van der Waals surface area (Å²) >= 11 is 6.19. The third kappa shape index (κ3) is 5.40. The van der Waals surface area contributed by atoms with Crippen molar-refractivity contribution in [1.82, 2.24) is 5.32 Å². The van der Waals surface area contributed by atoms with Gasteiger partial charge in [0.25, 0.3) is 11.6 Å². The van der Waals surface area contributed by atoms with E-state index in [1.807, 2.05) is 0 Å². The van der Waals surface area contributed by atoms with Crippen LogP contribution in [0.1, 0.15) is 41.6 Å². The molecule has 0 atom stereocenters. The van der Waals surface area contributed by atoms with Gasteiger partial charge in [-0.1, -0.05) is 11.6 Å². The summed E-state index contributed by atoms with van der Waals surface area (Å²) in [5, 5.41) is 27.4. The zero-order chi connectivity index (χ0) is 21.7. The highest BCUT2D eigenvalue weighted by atomic mass is 35.5. The molecule has 1 fully saturated rings. The molecule has 3 rings (SSSR count). The van der Waals surface area contributed by atoms with E-state index in [9.17, 15) is 20.0 Å². The number of amides is 1. The Balaban J connectivity index is 1.78. The zero-order valence-electron chi connectivity index (χ0n) is 16.6. The molecule has 2 aromatic rings. The SMILES string of the molecule is COc1ccc(Cl)c(CNC(=O)c2cc([N+](=O)[O-])ccc2NC2CCC(O)CC2)c1. The van der Waals surface area contributed by atoms with Crippen LogP contribution in [0.5, 0.6) is 5.75 Å². The van der Waals surface area contributed by atoms with Gasteiger partial charge in [-0.3, -0.25) is 14.9 Å². The average Bonchev–Trinajstić information content (AvgIpc) is 2.74. The van der Waals surface area contributed by atoms with Crippen LogP contribution in [0.2, 0.25) is 5.02 Å². The maximum atomic E-state index is 12.9. The summed E-state index contributed by atoms with van der Waals surface area (Å²) in [5.41, 5.74) is 1.22. The number of carbonyl (C=O) groups is 1. The van der Waals surface area contributed by atoms with E-state index < -0.39 is 10.8 Å². The van der Waals surface area contributed by atoms with E-state index in [-0.39, 0.29) is 29.9 Å². The number of nitro groups is 1. The van der Waals surface area contributed by atoms with Crippen LogP contribution in [0.25, 0.3) is 0 Å². The van der Waals surface area contributed by atoms with Gasteiger partial charge >= 0.3 is 0 Å². The van der Waals surface area contributed by atoms with E-state index in [0.29, 0.717) is 34.9 Å². The first-order valence-corrected chi connectivity index (χ1v) is 10.1. The van der Waals surface area contributed by atoms with Gasteiger partial charge < -0.3 is 20.5 Å². The van der Waals surface area contributed by atoms with Crippen molar-refractivity contribution in [3.63, 3.8) is 0 Å². The number of methoxy groups -OCH3 is 1. The van der Waals surface area contributed by atoms with E-state index >= 15 is 0 Å². The quantitative estimate of drug-likeness (QED) is 0.450. The fourth-order valence-electron chi connectivity index (χ4n) is 3.48. The maximum absolute atomic E-state index is 12.9. The average molecular weight is 434 g/mol. The monoisotopic (exact) mass is 433 g/mol. The first kappa shape index (κ1) is 21.9. The third-order valence-corrected chi connectivity index (χ3v) is 5.58. The minimum Gasteiger partial charge on any atom is -0.497 e. The maximum Gasteiger partial charge on any atom is 0.270 e. The molecule has 0 bridgehead atoms. The fourth-order valence-corrected chi connectivity index (χ4v) is 3.67. The van der Waals surface area contributed by atoms with Gasteiger partial charge in [0.2, 0.25) is 0 Å². The molecule has 160 valence electrons. The van der Waals surface area contributed by atoms with Crippen molar-refractivity contribution in [2.24, 2.45) is 0 Å². The van der Waals surface area contributed by atoms with Crippen LogP contribution in [0, 0.1) is 10.1 Å². The van der Waals surface area contributed by atoms with E-state index in [1.165, 1.54) is 19.2 Å². The molecule has 0 unspecified atom stereocenters. The summed E-state index contributed by atoms with van der Waals surface area (Å²) in [5.74, 6) is 0.164. The molecule has 1 saturated carbocycles. The number of hydrogen-bond donors (Lipinski definition) is 3. The van der Waals surface area contributed by atoms with Crippen LogP contribution < -0.4 is 15.4 Å². The Bertz CT molecular complexity index is 929. The molecular weight excluding hydrogens is 410 g/mol. The van der Waals surface area contributed by atoms with Crippen LogP contribution in [-0.2, 0) is 6.54 Å². The van der Waals surface area contributed by atoms with Crippen molar-refractivity contribution in [1.29, 1.82) is 0 Å². The predicted molar refractivity (Wildman–Crippen MR) is 114 cm³/mol. The second kappa shape index (κ2) is 9.77. The Labute approximate surface area is 179 Å². The fraction of sp³-hybridized carbons (Fsp3) is 0.381. The molecule has 0 spiro atoms. The summed E-state index contributed by atoms with van der Waals surface area (Å²) in [7, 11) is 1.54. The highest BCUT2D eigenvalue weighted by molar-refractivity contribution is 6.31. The molecule has 1 aliphatic rings. The first-order chi connectivity index (χ1) is 14.4. The summed E-state index contributed by atoms with van der Waals surface area (Å²) < 4.78 is 5.18. The Morgan fingerprint density at radius 1 is 1.23 bits per heavy atom. The largest absolute Gasteiger partial charge is 0.497 e. The summed E-state index contributed by atoms with van der Waals surface area (Å²) in [6.45, 7) is 0.145. The predicted octanol–water partition coefficient (Wildman–Crippen LogP) is 3.90. The van der Waals surface area contributed by atoms with Crippen LogP contribution >= 0.6 is 11.6 Å². The van der Waals surface area contributed by atoms with Gasteiger partial charge in [0.15, 0.2) is 0 Å². The molecule has 0 radical (unpaired) electrons. The number of nitrogens with zero attached hydrogens (tertiary/aromatic N) is 1. The molecule has 9 heteroatoms. The molecule has 1 aliphatic carbocycles. The molecule has 3 N–H and O–H groups in total. The van der Waals surface area contributed by atoms with Crippen molar-refractivity contribution in [2.45, 2.75) is 44.4 Å². The third-order valence-electron chi connectivity index (χ3n) is 5.21. The minimum atomic E-state index is -0.531. The van der Waals surface area contributed by atoms with Gasteiger partial charge in [-0.15, -0.1) is 0 Å². The van der Waals surface area contributed by atoms with Crippen molar-refractivity contribution in [3.8, 4) is 5.75 Å². The lowest BCUT2D eigenvalue weighted by molar-refractivity contribution is -0.384. The standard InChI is InChI=1S/C21H24ClN3O5/c1-30-17-7-8-19(22)13(10-17)12-23-21(27)18-11-15(25(28)29)4-9-20(18)24-14-2-5-16(26)6-3-14/h4,7-11,14,16,24,26H,2-3,5-6,12H2,1H3,(H,23,27). The lowest BCUT2D eigenvalue weighted by Crippen LogP contribution is -2.30. The summed E-state index contributed by atoms with van der Waals surface area (Å²) in [6, 6.07) is 9.41. The van der Waals surface area contributed by atoms with Crippen LogP contribution in [-0.4, -0.2) is 35.2 Å². The number of ether oxygens (including phenoxy) is 1. The number of nitro benzene ring substituents is 1. The minimum absolute atomic E-state index is 0.0919. The van der Waals surface area contributed by atoms with Crippen LogP contribution in [0.15, 0.2) is 36.4 Å². The first-order valence-electron chi connectivity index (χ1n) is 9.71. The van der Waals surface area contributed by atoms with Gasteiger partial charge in [-0.05, 0) is 55.5 Å². The Morgan fingerprint density at radius 3 is 2.63 bits per heavy atom. The Morgan fingerprint density at radius 2 is 1.97 bits per heavy atom. The number of aliphatic hydroxyl groups excluding tert-OH is 1.